The largest absolute Gasteiger partial charge is 0.383 e. The molecule has 3 fully saturated rings. The van der Waals surface area contributed by atoms with Gasteiger partial charge in [0.15, 0.2) is 10.3 Å². The molecular weight excluding hydrogens is 1280 g/mol. The molecule has 0 aliphatic carbocycles. The highest BCUT2D eigenvalue weighted by molar-refractivity contribution is 7.93. The Kier molecular flexibility index (Phi) is 22.4. The summed E-state index contributed by atoms with van der Waals surface area (Å²) in [6.07, 6.45) is 12.7. The minimum Gasteiger partial charge on any atom is -0.383 e. The number of para-hydroxylation sites is 1. The molecule has 29 heteroatoms. The molecule has 0 saturated carbocycles. The van der Waals surface area contributed by atoms with Gasteiger partial charge in [0.2, 0.25) is 5.91 Å². The molecule has 93 heavy (non-hydrogen) atoms. The molecular formula is C64H89N15O9S5. The first-order chi connectivity index (χ1) is 44.8. The number of rotatable bonds is 20. The van der Waals surface area contributed by atoms with Crippen molar-refractivity contribution in [3.63, 3.8) is 0 Å². The van der Waals surface area contributed by atoms with Crippen molar-refractivity contribution < 1.29 is 49.9 Å². The first kappa shape index (κ1) is 67.3. The van der Waals surface area contributed by atoms with Crippen molar-refractivity contribution >= 4 is 109 Å². The zero-order valence-electron chi connectivity index (χ0n) is 51.6. The zero-order valence-corrected chi connectivity index (χ0v) is 55.7. The lowest BCUT2D eigenvalue weighted by Crippen LogP contribution is -2.51. The average Bonchev–Trinajstić information content (AvgIpc) is 1.81. The SMILES string of the molecule is CC(C)C[C@H](O)C(=O)N1CCN(c2ccc(S(=O)(=O)Nc3nccs3)cc2)CC1.C[C@H](C(=O)NC1CCN(c2ccc(S(=O)(=O)Nc3nccs3)cc2)CC1)n1ccc2ccccc21.O=S(=O)(Nc1ccncn1)c1ccc(N2CCN(Cc3ccncc3)CC2)cc1.[HH].[HH].[HH].[HH].[HH].[HH].[HH]. The molecule has 3 saturated heterocycles. The Hall–Kier alpha value is -8.58. The van der Waals surface area contributed by atoms with Gasteiger partial charge in [0.1, 0.15) is 24.3 Å². The van der Waals surface area contributed by atoms with Crippen LogP contribution in [0.3, 0.4) is 0 Å². The lowest BCUT2D eigenvalue weighted by Gasteiger charge is -2.37. The number of anilines is 6. The normalized spacial score (nSPS) is 15.7. The van der Waals surface area contributed by atoms with Crippen LogP contribution in [0.5, 0.6) is 0 Å². The van der Waals surface area contributed by atoms with Crippen LogP contribution in [0.1, 0.15) is 61.6 Å². The Morgan fingerprint density at radius 1 is 0.570 bits per heavy atom. The number of fused-ring (bicyclic) bond motifs is 1. The van der Waals surface area contributed by atoms with Gasteiger partial charge in [-0.1, -0.05) is 32.0 Å². The molecule has 12 rings (SSSR count). The van der Waals surface area contributed by atoms with Crippen LogP contribution in [0.4, 0.5) is 33.1 Å². The molecule has 5 N–H and O–H groups in total. The molecule has 0 spiro atoms. The number of hydrogen-bond donors (Lipinski definition) is 5. The Balaban J connectivity index is 0.000000379. The summed E-state index contributed by atoms with van der Waals surface area (Å²) in [6, 6.07) is 36.0. The minimum atomic E-state index is -3.68. The van der Waals surface area contributed by atoms with E-state index in [1.54, 1.807) is 70.4 Å². The van der Waals surface area contributed by atoms with Crippen molar-refractivity contribution in [1.29, 1.82) is 0 Å². The van der Waals surface area contributed by atoms with E-state index < -0.39 is 36.2 Å². The quantitative estimate of drug-likeness (QED) is 0.0474. The number of thiazole rings is 2. The second-order valence-electron chi connectivity index (χ2n) is 22.9. The number of nitrogens with zero attached hydrogens (tertiary/aromatic N) is 11. The second-order valence-corrected chi connectivity index (χ2v) is 29.7. The van der Waals surface area contributed by atoms with Gasteiger partial charge in [-0.15, -0.1) is 22.7 Å². The number of hydrogen-bond acceptors (Lipinski definition) is 20. The van der Waals surface area contributed by atoms with Gasteiger partial charge < -0.3 is 34.6 Å². The number of piperazine rings is 2. The summed E-state index contributed by atoms with van der Waals surface area (Å²) >= 11 is 2.45. The molecule has 5 aromatic heterocycles. The van der Waals surface area contributed by atoms with Gasteiger partial charge in [-0.2, -0.15) is 0 Å². The summed E-state index contributed by atoms with van der Waals surface area (Å²) in [7, 11) is -11.0. The predicted octanol–water partition coefficient (Wildman–Crippen LogP) is 9.96. The summed E-state index contributed by atoms with van der Waals surface area (Å²) in [5.74, 6) is 0.310. The summed E-state index contributed by atoms with van der Waals surface area (Å²) < 4.78 is 84.4. The number of sulfonamides is 3. The summed E-state index contributed by atoms with van der Waals surface area (Å²) in [4.78, 5) is 56.2. The maximum Gasteiger partial charge on any atom is 0.263 e. The number of carbonyl (C=O) groups is 2. The molecule has 24 nitrogen and oxygen atoms in total. The number of carbonyl (C=O) groups excluding carboxylic acids is 2. The first-order valence-corrected chi connectivity index (χ1v) is 36.6. The van der Waals surface area contributed by atoms with Crippen LogP contribution in [-0.2, 0) is 46.2 Å². The van der Waals surface area contributed by atoms with Gasteiger partial charge in [-0.3, -0.25) is 33.6 Å². The maximum absolute atomic E-state index is 12.9. The standard InChI is InChI=1S/C25H27N5O3S2.C20H22N6O2S.C19H26N4O4S2.7H2/c1-18(30-16-10-19-4-2-3-5-23(19)30)24(31)27-20-11-14-29(15-12-20)21-6-8-22(9-7-21)35(32,33)28-25-26-13-17-34-25;27-29(28,24-20-7-10-22-16-23-20)19-3-1-18(2-4-19)26-13-11-25(12-14-26)15-17-5-8-21-9-6-17;1-14(2)13-17(24)18(25)23-10-8-22(9-11-23)15-3-5-16(6-4-15)29(26,27)21-19-20-7-12-28-19;;;;;;;/h2-10,13,16-18,20H,11-12,14-15H2,1H3,(H,26,28)(H,27,31);1-10,16H,11-15H2,(H,22,23,24);3-7,12,14,17,24H,8-11,13H2,1-2H3,(H,20,21);7*1H/t18-;;17-;;;;;;;/m1.0......./s1. The highest BCUT2D eigenvalue weighted by Gasteiger charge is 2.29. The van der Waals surface area contributed by atoms with E-state index in [1.165, 1.54) is 53.0 Å². The molecule has 3 aliphatic heterocycles. The van der Waals surface area contributed by atoms with Gasteiger partial charge in [0.05, 0.1) is 14.7 Å². The number of pyridine rings is 1. The van der Waals surface area contributed by atoms with E-state index in [4.69, 9.17) is 0 Å². The van der Waals surface area contributed by atoms with E-state index in [1.807, 2.05) is 111 Å². The van der Waals surface area contributed by atoms with E-state index in [2.05, 4.69) is 64.0 Å². The Labute approximate surface area is 560 Å². The molecule has 8 heterocycles. The van der Waals surface area contributed by atoms with Crippen LogP contribution >= 0.6 is 22.7 Å². The first-order valence-electron chi connectivity index (χ1n) is 30.4. The van der Waals surface area contributed by atoms with Crippen LogP contribution in [-0.4, -0.2) is 159 Å². The van der Waals surface area contributed by atoms with Crippen LogP contribution in [0.15, 0.2) is 190 Å². The van der Waals surface area contributed by atoms with Crippen molar-refractivity contribution in [1.82, 2.24) is 44.6 Å². The molecule has 0 unspecified atom stereocenters. The molecule has 0 radical (unpaired) electrons. The molecule has 504 valence electrons. The third-order valence-corrected chi connectivity index (χ3v) is 21.7. The molecule has 2 amide bonds. The Bertz CT molecular complexity index is 4230. The highest BCUT2D eigenvalue weighted by Crippen LogP contribution is 2.28. The third kappa shape index (κ3) is 18.2. The highest BCUT2D eigenvalue weighted by atomic mass is 32.2. The van der Waals surface area contributed by atoms with Gasteiger partial charge >= 0.3 is 0 Å². The maximum atomic E-state index is 12.9. The number of piperidine rings is 1. The third-order valence-electron chi connectivity index (χ3n) is 16.0. The van der Waals surface area contributed by atoms with E-state index in [-0.39, 0.29) is 60.3 Å². The number of nitrogens with one attached hydrogen (secondary N) is 4. The topological polar surface area (TPSA) is 290 Å². The number of aliphatic hydroxyl groups is 1. The fourth-order valence-corrected chi connectivity index (χ4v) is 15.6. The van der Waals surface area contributed by atoms with Crippen LogP contribution in [0.25, 0.3) is 10.9 Å². The second kappa shape index (κ2) is 30.9. The lowest BCUT2D eigenvalue weighted by atomic mass is 10.0. The van der Waals surface area contributed by atoms with Crippen molar-refractivity contribution in [2.75, 3.05) is 94.3 Å². The monoisotopic (exact) mass is 1370 g/mol. The zero-order chi connectivity index (χ0) is 65.5. The van der Waals surface area contributed by atoms with Crippen LogP contribution in [0.2, 0.25) is 0 Å². The average molecular weight is 1370 g/mol. The Morgan fingerprint density at radius 3 is 1.56 bits per heavy atom. The van der Waals surface area contributed by atoms with Crippen molar-refractivity contribution in [3.8, 4) is 0 Å². The molecule has 2 atom stereocenters. The summed E-state index contributed by atoms with van der Waals surface area (Å²) in [5.41, 5.74) is 5.20. The molecule has 4 aromatic carbocycles. The number of aliphatic hydroxyl groups excluding tert-OH is 1. The van der Waals surface area contributed by atoms with Crippen molar-refractivity contribution in [2.24, 2.45) is 5.92 Å². The minimum absolute atomic E-state index is 0. The molecule has 9 aromatic rings. The van der Waals surface area contributed by atoms with Gasteiger partial charge in [0, 0.05) is 159 Å². The fourth-order valence-electron chi connectivity index (χ4n) is 11.0. The smallest absolute Gasteiger partial charge is 0.263 e. The number of aromatic nitrogens is 6. The lowest BCUT2D eigenvalue weighted by molar-refractivity contribution is -0.141. The Morgan fingerprint density at radius 2 is 1.06 bits per heavy atom. The van der Waals surface area contributed by atoms with E-state index in [9.17, 15) is 39.9 Å². The molecule has 3 aliphatic rings. The summed E-state index contributed by atoms with van der Waals surface area (Å²) in [5, 5.41) is 18.5. The fraction of sp³-hybridized carbons (Fsp3) is 0.328. The van der Waals surface area contributed by atoms with E-state index in [0.717, 1.165) is 86.6 Å². The van der Waals surface area contributed by atoms with Crippen molar-refractivity contribution in [3.05, 3.63) is 181 Å². The van der Waals surface area contributed by atoms with Crippen LogP contribution < -0.4 is 34.2 Å². The van der Waals surface area contributed by atoms with Crippen molar-refractivity contribution in [2.45, 2.75) is 79.5 Å². The molecule has 0 bridgehead atoms. The van der Waals surface area contributed by atoms with Gasteiger partial charge in [-0.25, -0.2) is 45.2 Å². The number of benzene rings is 4. The predicted molar refractivity (Wildman–Crippen MR) is 379 cm³/mol. The van der Waals surface area contributed by atoms with E-state index in [0.29, 0.717) is 42.9 Å². The van der Waals surface area contributed by atoms with E-state index >= 15 is 0 Å². The van der Waals surface area contributed by atoms with Crippen LogP contribution in [0, 0.1) is 5.92 Å². The summed E-state index contributed by atoms with van der Waals surface area (Å²) in [6.45, 7) is 14.4. The number of amides is 2. The van der Waals surface area contributed by atoms with Gasteiger partial charge in [0.25, 0.3) is 36.0 Å². The van der Waals surface area contributed by atoms with Gasteiger partial charge in [-0.05, 0) is 146 Å².